The van der Waals surface area contributed by atoms with Gasteiger partial charge >= 0.3 is 5.97 Å². The molecule has 1 aromatic rings. The number of benzene rings is 1. The average molecular weight is 236 g/mol. The number of hydrogen-bond donors (Lipinski definition) is 3. The number of nitrogens with one attached hydrogen (secondary N) is 1. The number of nitrogens with two attached hydrogens (primary N) is 1. The molecule has 0 fully saturated rings. The molecule has 5 nitrogen and oxygen atoms in total. The number of amides is 1. The van der Waals surface area contributed by atoms with Gasteiger partial charge in [0.05, 0.1) is 17.3 Å². The van der Waals surface area contributed by atoms with E-state index >= 15 is 0 Å². The number of hydrogen-bond acceptors (Lipinski definition) is 3. The van der Waals surface area contributed by atoms with E-state index in [-0.39, 0.29) is 17.2 Å². The highest BCUT2D eigenvalue weighted by atomic mass is 16.4. The summed E-state index contributed by atoms with van der Waals surface area (Å²) in [6, 6.07) is 4.29. The number of rotatable bonds is 4. The molecule has 0 spiro atoms. The monoisotopic (exact) mass is 236 g/mol. The molecule has 5 heteroatoms. The van der Waals surface area contributed by atoms with Gasteiger partial charge in [-0.3, -0.25) is 4.79 Å². The second-order valence-corrected chi connectivity index (χ2v) is 3.81. The fraction of sp³-hybridized carbons (Fsp3) is 0.333. The van der Waals surface area contributed by atoms with E-state index in [1.165, 1.54) is 0 Å². The fourth-order valence-electron chi connectivity index (χ4n) is 1.47. The van der Waals surface area contributed by atoms with Crippen molar-refractivity contribution < 1.29 is 14.7 Å². The number of carbonyl (C=O) groups is 2. The fourth-order valence-corrected chi connectivity index (χ4v) is 1.47. The zero-order chi connectivity index (χ0) is 13.0. The summed E-state index contributed by atoms with van der Waals surface area (Å²) in [5, 5.41) is 11.6. The first kappa shape index (κ1) is 13.2. The number of aryl methyl sites for hydroxylation is 1. The molecule has 1 amide bonds. The summed E-state index contributed by atoms with van der Waals surface area (Å²) < 4.78 is 0. The number of anilines is 1. The predicted octanol–water partition coefficient (Wildman–Crippen LogP) is 1.37. The zero-order valence-electron chi connectivity index (χ0n) is 9.86. The molecule has 0 aliphatic carbocycles. The lowest BCUT2D eigenvalue weighted by atomic mass is 10.1. The van der Waals surface area contributed by atoms with Crippen LogP contribution in [0.2, 0.25) is 0 Å². The van der Waals surface area contributed by atoms with Crippen LogP contribution in [0.3, 0.4) is 0 Å². The molecule has 1 aromatic carbocycles. The molecule has 0 heterocycles. The second-order valence-electron chi connectivity index (χ2n) is 3.81. The summed E-state index contributed by atoms with van der Waals surface area (Å²) in [5.74, 6) is -1.44. The van der Waals surface area contributed by atoms with E-state index in [4.69, 9.17) is 10.8 Å². The van der Waals surface area contributed by atoms with E-state index < -0.39 is 12.0 Å². The minimum absolute atomic E-state index is 0.101. The Morgan fingerprint density at radius 3 is 2.65 bits per heavy atom. The van der Waals surface area contributed by atoms with Crippen LogP contribution in [0.15, 0.2) is 18.2 Å². The lowest BCUT2D eigenvalue weighted by Gasteiger charge is -2.13. The summed E-state index contributed by atoms with van der Waals surface area (Å²) in [5.41, 5.74) is 6.55. The first-order chi connectivity index (χ1) is 7.97. The summed E-state index contributed by atoms with van der Waals surface area (Å²) in [7, 11) is 0. The highest BCUT2D eigenvalue weighted by molar-refractivity contribution is 6.02. The van der Waals surface area contributed by atoms with E-state index in [2.05, 4.69) is 5.32 Å². The van der Waals surface area contributed by atoms with Crippen LogP contribution in [0.1, 0.15) is 29.3 Å². The number of carboxylic acid groups (broad SMARTS) is 1. The second kappa shape index (κ2) is 5.45. The molecule has 0 radical (unpaired) electrons. The van der Waals surface area contributed by atoms with Crippen molar-refractivity contribution in [2.75, 3.05) is 5.32 Å². The van der Waals surface area contributed by atoms with Gasteiger partial charge in [-0.15, -0.1) is 0 Å². The van der Waals surface area contributed by atoms with Gasteiger partial charge in [0.1, 0.15) is 0 Å². The van der Waals surface area contributed by atoms with Gasteiger partial charge in [-0.25, -0.2) is 4.79 Å². The van der Waals surface area contributed by atoms with Crippen LogP contribution >= 0.6 is 0 Å². The molecule has 0 saturated carbocycles. The Labute approximate surface area is 99.6 Å². The van der Waals surface area contributed by atoms with Gasteiger partial charge in [0.25, 0.3) is 0 Å². The molecule has 0 saturated heterocycles. The zero-order valence-corrected chi connectivity index (χ0v) is 9.86. The topological polar surface area (TPSA) is 92.4 Å². The van der Waals surface area contributed by atoms with Gasteiger partial charge in [0, 0.05) is 0 Å². The third-order valence-corrected chi connectivity index (χ3v) is 2.52. The third kappa shape index (κ3) is 3.04. The summed E-state index contributed by atoms with van der Waals surface area (Å²) in [6.07, 6.45) is 0.500. The van der Waals surface area contributed by atoms with Crippen LogP contribution in [0.4, 0.5) is 5.69 Å². The van der Waals surface area contributed by atoms with E-state index in [9.17, 15) is 9.59 Å². The number of aromatic carboxylic acids is 1. The first-order valence-corrected chi connectivity index (χ1v) is 5.36. The van der Waals surface area contributed by atoms with Crippen molar-refractivity contribution in [3.8, 4) is 0 Å². The number of carbonyl (C=O) groups excluding carboxylic acids is 1. The molecule has 0 aliphatic rings. The van der Waals surface area contributed by atoms with E-state index in [0.29, 0.717) is 12.0 Å². The van der Waals surface area contributed by atoms with Crippen LogP contribution in [0.25, 0.3) is 0 Å². The molecular weight excluding hydrogens is 220 g/mol. The minimum Gasteiger partial charge on any atom is -0.478 e. The molecule has 17 heavy (non-hydrogen) atoms. The molecule has 92 valence electrons. The Bertz CT molecular complexity index is 443. The minimum atomic E-state index is -1.07. The van der Waals surface area contributed by atoms with Crippen molar-refractivity contribution in [2.24, 2.45) is 5.73 Å². The largest absolute Gasteiger partial charge is 0.478 e. The third-order valence-electron chi connectivity index (χ3n) is 2.52. The Kier molecular flexibility index (Phi) is 4.23. The summed E-state index contributed by atoms with van der Waals surface area (Å²) >= 11 is 0. The molecule has 1 atom stereocenters. The van der Waals surface area contributed by atoms with Crippen LogP contribution in [-0.4, -0.2) is 23.0 Å². The molecule has 1 rings (SSSR count). The van der Waals surface area contributed by atoms with E-state index in [1.54, 1.807) is 32.0 Å². The lowest BCUT2D eigenvalue weighted by molar-refractivity contribution is -0.117. The van der Waals surface area contributed by atoms with Crippen LogP contribution in [0.5, 0.6) is 0 Å². The predicted molar refractivity (Wildman–Crippen MR) is 65.0 cm³/mol. The van der Waals surface area contributed by atoms with Crippen molar-refractivity contribution in [2.45, 2.75) is 26.3 Å². The van der Waals surface area contributed by atoms with Crippen LogP contribution in [0, 0.1) is 6.92 Å². The Hall–Kier alpha value is -1.88. The van der Waals surface area contributed by atoms with E-state index in [0.717, 1.165) is 0 Å². The van der Waals surface area contributed by atoms with Gasteiger partial charge in [0.2, 0.25) is 5.91 Å². The smallest absolute Gasteiger partial charge is 0.338 e. The normalized spacial score (nSPS) is 11.9. The maximum atomic E-state index is 11.6. The molecule has 0 aromatic heterocycles. The van der Waals surface area contributed by atoms with Crippen molar-refractivity contribution in [1.29, 1.82) is 0 Å². The highest BCUT2D eigenvalue weighted by Crippen LogP contribution is 2.19. The molecule has 4 N–H and O–H groups in total. The lowest BCUT2D eigenvalue weighted by Crippen LogP contribution is -2.35. The van der Waals surface area contributed by atoms with Gasteiger partial charge in [-0.05, 0) is 25.0 Å². The highest BCUT2D eigenvalue weighted by Gasteiger charge is 2.17. The van der Waals surface area contributed by atoms with Gasteiger partial charge in [0.15, 0.2) is 0 Å². The number of carboxylic acids is 1. The van der Waals surface area contributed by atoms with E-state index in [1.807, 2.05) is 0 Å². The van der Waals surface area contributed by atoms with Crippen molar-refractivity contribution in [1.82, 2.24) is 0 Å². The van der Waals surface area contributed by atoms with Gasteiger partial charge in [-0.2, -0.15) is 0 Å². The van der Waals surface area contributed by atoms with Gasteiger partial charge in [-0.1, -0.05) is 19.1 Å². The SMILES string of the molecule is CC[C@@H](N)C(=O)Nc1cccc(C)c1C(=O)O. The van der Waals surface area contributed by atoms with Gasteiger partial charge < -0.3 is 16.2 Å². The van der Waals surface area contributed by atoms with Crippen molar-refractivity contribution in [3.05, 3.63) is 29.3 Å². The van der Waals surface area contributed by atoms with Crippen LogP contribution in [-0.2, 0) is 4.79 Å². The maximum absolute atomic E-state index is 11.6. The quantitative estimate of drug-likeness (QED) is 0.736. The average Bonchev–Trinajstić information content (AvgIpc) is 2.27. The Morgan fingerprint density at radius 2 is 2.12 bits per heavy atom. The maximum Gasteiger partial charge on any atom is 0.338 e. The summed E-state index contributed by atoms with van der Waals surface area (Å²) in [6.45, 7) is 3.47. The molecule has 0 aliphatic heterocycles. The Balaban J connectivity index is 3.03. The van der Waals surface area contributed by atoms with Crippen LogP contribution < -0.4 is 11.1 Å². The van der Waals surface area contributed by atoms with Crippen molar-refractivity contribution in [3.63, 3.8) is 0 Å². The molecular formula is C12H16N2O3. The Morgan fingerprint density at radius 1 is 1.47 bits per heavy atom. The standard InChI is InChI=1S/C12H16N2O3/c1-3-8(13)11(15)14-9-6-4-5-7(2)10(9)12(16)17/h4-6,8H,3,13H2,1-2H3,(H,14,15)(H,16,17)/t8-/m1/s1. The first-order valence-electron chi connectivity index (χ1n) is 5.36. The summed E-state index contributed by atoms with van der Waals surface area (Å²) in [4.78, 5) is 22.7. The van der Waals surface area contributed by atoms with Crippen molar-refractivity contribution >= 4 is 17.6 Å². The molecule has 0 bridgehead atoms. The molecule has 0 unspecified atom stereocenters.